The maximum absolute atomic E-state index is 13.5. The minimum absolute atomic E-state index is 0.161. The highest BCUT2D eigenvalue weighted by Crippen LogP contribution is 2.31. The summed E-state index contributed by atoms with van der Waals surface area (Å²) in [5.74, 6) is -0.768. The summed E-state index contributed by atoms with van der Waals surface area (Å²) in [6, 6.07) is 4.55. The number of para-hydroxylation sites is 1. The van der Waals surface area contributed by atoms with Crippen LogP contribution in [0.2, 0.25) is 0 Å². The van der Waals surface area contributed by atoms with Crippen molar-refractivity contribution in [1.82, 2.24) is 0 Å². The summed E-state index contributed by atoms with van der Waals surface area (Å²) in [6.07, 6.45) is 3.21. The molecule has 0 radical (unpaired) electrons. The fourth-order valence-corrected chi connectivity index (χ4v) is 2.53. The number of rotatable bonds is 2. The Labute approximate surface area is 108 Å². The maximum Gasteiger partial charge on any atom is 0.244 e. The molecule has 0 spiro atoms. The summed E-state index contributed by atoms with van der Waals surface area (Å²) >= 11 is 3.21. The smallest absolute Gasteiger partial charge is 0.244 e. The van der Waals surface area contributed by atoms with E-state index in [1.165, 1.54) is 6.07 Å². The molecule has 0 heterocycles. The maximum atomic E-state index is 13.5. The van der Waals surface area contributed by atoms with Gasteiger partial charge in [0.05, 0.1) is 11.2 Å². The molecule has 1 aromatic rings. The molecule has 1 fully saturated rings. The van der Waals surface area contributed by atoms with Crippen molar-refractivity contribution in [2.24, 2.45) is 5.73 Å². The van der Waals surface area contributed by atoms with Crippen LogP contribution in [0.3, 0.4) is 0 Å². The normalized spacial score (nSPS) is 18.1. The highest BCUT2D eigenvalue weighted by molar-refractivity contribution is 9.10. The molecule has 92 valence electrons. The summed E-state index contributed by atoms with van der Waals surface area (Å²) in [7, 11) is 0. The average molecular weight is 301 g/mol. The Bertz CT molecular complexity index is 424. The molecule has 0 bridgehead atoms. The van der Waals surface area contributed by atoms with Gasteiger partial charge in [-0.05, 0) is 40.9 Å². The number of halogens is 2. The Kier molecular flexibility index (Phi) is 3.49. The molecule has 0 aromatic heterocycles. The number of nitrogens with one attached hydrogen (secondary N) is 1. The van der Waals surface area contributed by atoms with Crippen molar-refractivity contribution in [2.75, 3.05) is 5.32 Å². The molecule has 1 aliphatic rings. The van der Waals surface area contributed by atoms with E-state index in [9.17, 15) is 9.18 Å². The molecule has 1 aromatic carbocycles. The topological polar surface area (TPSA) is 55.1 Å². The van der Waals surface area contributed by atoms with Crippen LogP contribution >= 0.6 is 15.9 Å². The van der Waals surface area contributed by atoms with Gasteiger partial charge in [0.25, 0.3) is 0 Å². The zero-order chi connectivity index (χ0) is 12.5. The second kappa shape index (κ2) is 4.74. The third kappa shape index (κ3) is 2.50. The Morgan fingerprint density at radius 2 is 2.06 bits per heavy atom. The van der Waals surface area contributed by atoms with E-state index < -0.39 is 11.4 Å². The molecular formula is C12H14BrFN2O. The van der Waals surface area contributed by atoms with Crippen molar-refractivity contribution >= 4 is 27.5 Å². The minimum Gasteiger partial charge on any atom is -0.321 e. The van der Waals surface area contributed by atoms with E-state index >= 15 is 0 Å². The van der Waals surface area contributed by atoms with Gasteiger partial charge in [-0.3, -0.25) is 4.79 Å². The first-order valence-electron chi connectivity index (χ1n) is 5.57. The number of carbonyl (C=O) groups is 1. The minimum atomic E-state index is -0.846. The molecule has 1 amide bonds. The number of hydrogen-bond donors (Lipinski definition) is 2. The van der Waals surface area contributed by atoms with Gasteiger partial charge in [-0.15, -0.1) is 0 Å². The second-order valence-corrected chi connectivity index (χ2v) is 5.27. The number of hydrogen-bond acceptors (Lipinski definition) is 2. The highest BCUT2D eigenvalue weighted by atomic mass is 79.9. The first-order valence-corrected chi connectivity index (χ1v) is 6.36. The van der Waals surface area contributed by atoms with Crippen LogP contribution in [0.4, 0.5) is 10.1 Å². The lowest BCUT2D eigenvalue weighted by atomic mass is 9.98. The molecule has 3 N–H and O–H groups in total. The van der Waals surface area contributed by atoms with E-state index in [1.54, 1.807) is 12.1 Å². The fourth-order valence-electron chi connectivity index (χ4n) is 2.09. The number of benzene rings is 1. The van der Waals surface area contributed by atoms with Gasteiger partial charge in [-0.2, -0.15) is 0 Å². The lowest BCUT2D eigenvalue weighted by Gasteiger charge is -2.22. The summed E-state index contributed by atoms with van der Waals surface area (Å²) in [6.45, 7) is 0. The molecule has 5 heteroatoms. The van der Waals surface area contributed by atoms with Crippen molar-refractivity contribution in [3.05, 3.63) is 28.5 Å². The molecule has 2 rings (SSSR count). The average Bonchev–Trinajstić information content (AvgIpc) is 2.72. The molecule has 0 aliphatic heterocycles. The van der Waals surface area contributed by atoms with Crippen LogP contribution in [0.1, 0.15) is 25.7 Å². The number of amides is 1. The van der Waals surface area contributed by atoms with E-state index in [4.69, 9.17) is 5.73 Å². The molecule has 0 atom stereocenters. The molecular weight excluding hydrogens is 287 g/mol. The van der Waals surface area contributed by atoms with Crippen molar-refractivity contribution in [3.63, 3.8) is 0 Å². The molecule has 1 aliphatic carbocycles. The van der Waals surface area contributed by atoms with Gasteiger partial charge in [-0.25, -0.2) is 4.39 Å². The molecule has 0 unspecified atom stereocenters. The Hall–Kier alpha value is -0.940. The fraction of sp³-hybridized carbons (Fsp3) is 0.417. The van der Waals surface area contributed by atoms with Gasteiger partial charge in [0.2, 0.25) is 5.91 Å². The lowest BCUT2D eigenvalue weighted by Crippen LogP contribution is -2.48. The predicted molar refractivity (Wildman–Crippen MR) is 68.1 cm³/mol. The lowest BCUT2D eigenvalue weighted by molar-refractivity contribution is -0.121. The van der Waals surface area contributed by atoms with Gasteiger partial charge in [0.15, 0.2) is 0 Å². The molecule has 17 heavy (non-hydrogen) atoms. The van der Waals surface area contributed by atoms with E-state index in [1.807, 2.05) is 0 Å². The Balaban J connectivity index is 2.18. The van der Waals surface area contributed by atoms with Crippen LogP contribution in [0.15, 0.2) is 22.7 Å². The standard InChI is InChI=1S/C12H14BrFN2O/c13-8-4-3-5-9(14)10(8)16-11(17)12(15)6-1-2-7-12/h3-5H,1-2,6-7,15H2,(H,16,17). The first kappa shape index (κ1) is 12.5. The number of nitrogens with two attached hydrogens (primary N) is 1. The van der Waals surface area contributed by atoms with Crippen LogP contribution in [0.5, 0.6) is 0 Å². The zero-order valence-corrected chi connectivity index (χ0v) is 10.9. The van der Waals surface area contributed by atoms with Crippen molar-refractivity contribution in [3.8, 4) is 0 Å². The van der Waals surface area contributed by atoms with Gasteiger partial charge < -0.3 is 11.1 Å². The van der Waals surface area contributed by atoms with Crippen LogP contribution in [-0.4, -0.2) is 11.4 Å². The third-order valence-corrected chi connectivity index (χ3v) is 3.81. The van der Waals surface area contributed by atoms with Crippen LogP contribution in [0.25, 0.3) is 0 Å². The van der Waals surface area contributed by atoms with Crippen LogP contribution in [-0.2, 0) is 4.79 Å². The highest BCUT2D eigenvalue weighted by Gasteiger charge is 2.37. The third-order valence-electron chi connectivity index (χ3n) is 3.15. The summed E-state index contributed by atoms with van der Waals surface area (Å²) < 4.78 is 14.1. The van der Waals surface area contributed by atoms with E-state index in [2.05, 4.69) is 21.2 Å². The Morgan fingerprint density at radius 3 is 2.65 bits per heavy atom. The quantitative estimate of drug-likeness (QED) is 0.882. The van der Waals surface area contributed by atoms with Crippen LogP contribution in [0, 0.1) is 5.82 Å². The Morgan fingerprint density at radius 1 is 1.41 bits per heavy atom. The second-order valence-electron chi connectivity index (χ2n) is 4.41. The van der Waals surface area contributed by atoms with E-state index in [0.29, 0.717) is 17.3 Å². The van der Waals surface area contributed by atoms with Gasteiger partial charge >= 0.3 is 0 Å². The first-order chi connectivity index (χ1) is 8.03. The van der Waals surface area contributed by atoms with Crippen molar-refractivity contribution < 1.29 is 9.18 Å². The van der Waals surface area contributed by atoms with Crippen molar-refractivity contribution in [2.45, 2.75) is 31.2 Å². The monoisotopic (exact) mass is 300 g/mol. The largest absolute Gasteiger partial charge is 0.321 e. The zero-order valence-electron chi connectivity index (χ0n) is 9.30. The van der Waals surface area contributed by atoms with Gasteiger partial charge in [-0.1, -0.05) is 18.9 Å². The van der Waals surface area contributed by atoms with Crippen molar-refractivity contribution in [1.29, 1.82) is 0 Å². The summed E-state index contributed by atoms with van der Waals surface area (Å²) in [5.41, 5.74) is 5.32. The SMILES string of the molecule is NC1(C(=O)Nc2c(F)cccc2Br)CCCC1. The molecule has 3 nitrogen and oxygen atoms in total. The summed E-state index contributed by atoms with van der Waals surface area (Å²) in [4.78, 5) is 12.0. The van der Waals surface area contributed by atoms with Gasteiger partial charge in [0.1, 0.15) is 5.82 Å². The van der Waals surface area contributed by atoms with Gasteiger partial charge in [0, 0.05) is 4.47 Å². The molecule has 1 saturated carbocycles. The number of anilines is 1. The van der Waals surface area contributed by atoms with Crippen LogP contribution < -0.4 is 11.1 Å². The molecule has 0 saturated heterocycles. The van der Waals surface area contributed by atoms with E-state index in [-0.39, 0.29) is 11.6 Å². The summed E-state index contributed by atoms with van der Waals surface area (Å²) in [5, 5.41) is 2.58. The predicted octanol–water partition coefficient (Wildman–Crippen LogP) is 2.80. The van der Waals surface area contributed by atoms with E-state index in [0.717, 1.165) is 12.8 Å². The number of carbonyl (C=O) groups excluding carboxylic acids is 1.